The molecule has 3 amide bonds. The van der Waals surface area contributed by atoms with Crippen molar-refractivity contribution in [2.75, 3.05) is 18.1 Å². The lowest BCUT2D eigenvalue weighted by Gasteiger charge is -2.22. The summed E-state index contributed by atoms with van der Waals surface area (Å²) in [6, 6.07) is 2.99. The minimum atomic E-state index is -3.65. The molecule has 1 aliphatic rings. The van der Waals surface area contributed by atoms with E-state index in [2.05, 4.69) is 16.0 Å². The lowest BCUT2D eigenvalue weighted by Crippen LogP contribution is -2.45. The molecule has 0 saturated heterocycles. The van der Waals surface area contributed by atoms with Crippen LogP contribution in [0.2, 0.25) is 0 Å². The van der Waals surface area contributed by atoms with Crippen LogP contribution in [0.4, 0.5) is 10.5 Å². The third-order valence-electron chi connectivity index (χ3n) is 4.22. The van der Waals surface area contributed by atoms with Gasteiger partial charge in [0, 0.05) is 18.0 Å². The quantitative estimate of drug-likeness (QED) is 0.571. The predicted molar refractivity (Wildman–Crippen MR) is 98.5 cm³/mol. The first-order chi connectivity index (χ1) is 12.6. The van der Waals surface area contributed by atoms with Gasteiger partial charge in [0.25, 0.3) is 0 Å². The van der Waals surface area contributed by atoms with Crippen molar-refractivity contribution in [3.63, 3.8) is 0 Å². The van der Waals surface area contributed by atoms with Gasteiger partial charge >= 0.3 is 12.0 Å². The fourth-order valence-corrected chi connectivity index (χ4v) is 3.54. The van der Waals surface area contributed by atoms with E-state index in [-0.39, 0.29) is 28.7 Å². The Hall–Kier alpha value is -2.62. The van der Waals surface area contributed by atoms with Gasteiger partial charge in [0.2, 0.25) is 5.91 Å². The van der Waals surface area contributed by atoms with Crippen molar-refractivity contribution in [1.29, 1.82) is 0 Å². The second kappa shape index (κ2) is 8.85. The smallest absolute Gasteiger partial charge is 0.335 e. The number of amides is 3. The molecule has 0 aromatic heterocycles. The number of carboxylic acid groups (broad SMARTS) is 1. The SMILES string of the molecule is CS(=O)(=O)c1cc(NC(=O)CNC(=O)NC2CCCCC2)cc(C(=O)O)c1. The minimum Gasteiger partial charge on any atom is -0.478 e. The van der Waals surface area contributed by atoms with Gasteiger partial charge in [0.1, 0.15) is 0 Å². The number of hydrogen-bond acceptors (Lipinski definition) is 5. The third-order valence-corrected chi connectivity index (χ3v) is 5.31. The number of carbonyl (C=O) groups is 3. The first-order valence-electron chi connectivity index (χ1n) is 8.58. The number of benzene rings is 1. The highest BCUT2D eigenvalue weighted by atomic mass is 32.2. The fraction of sp³-hybridized carbons (Fsp3) is 0.471. The van der Waals surface area contributed by atoms with Crippen molar-refractivity contribution in [3.8, 4) is 0 Å². The molecule has 1 saturated carbocycles. The van der Waals surface area contributed by atoms with E-state index in [0.29, 0.717) is 0 Å². The summed E-state index contributed by atoms with van der Waals surface area (Å²) in [4.78, 5) is 34.8. The molecule has 10 heteroatoms. The van der Waals surface area contributed by atoms with Gasteiger partial charge in [-0.2, -0.15) is 0 Å². The van der Waals surface area contributed by atoms with Gasteiger partial charge in [0.05, 0.1) is 17.0 Å². The van der Waals surface area contributed by atoms with Crippen LogP contribution in [0.5, 0.6) is 0 Å². The Morgan fingerprint density at radius 1 is 1.11 bits per heavy atom. The van der Waals surface area contributed by atoms with Gasteiger partial charge in [-0.3, -0.25) is 4.79 Å². The van der Waals surface area contributed by atoms with E-state index in [4.69, 9.17) is 5.11 Å². The molecule has 1 aliphatic carbocycles. The van der Waals surface area contributed by atoms with Crippen LogP contribution >= 0.6 is 0 Å². The van der Waals surface area contributed by atoms with Crippen LogP contribution in [0, 0.1) is 0 Å². The highest BCUT2D eigenvalue weighted by molar-refractivity contribution is 7.90. The molecule has 9 nitrogen and oxygen atoms in total. The number of anilines is 1. The van der Waals surface area contributed by atoms with Gasteiger partial charge < -0.3 is 21.1 Å². The number of rotatable bonds is 6. The van der Waals surface area contributed by atoms with Crippen molar-refractivity contribution < 1.29 is 27.9 Å². The molecule has 0 atom stereocenters. The fourth-order valence-electron chi connectivity index (χ4n) is 2.86. The van der Waals surface area contributed by atoms with Crippen molar-refractivity contribution >= 4 is 33.4 Å². The monoisotopic (exact) mass is 397 g/mol. The van der Waals surface area contributed by atoms with Crippen LogP contribution in [0.1, 0.15) is 42.5 Å². The van der Waals surface area contributed by atoms with E-state index in [1.54, 1.807) is 0 Å². The Kier molecular flexibility index (Phi) is 6.78. The average molecular weight is 397 g/mol. The van der Waals surface area contributed by atoms with Crippen LogP contribution in [0.15, 0.2) is 23.1 Å². The molecule has 0 aliphatic heterocycles. The van der Waals surface area contributed by atoms with Gasteiger partial charge in [-0.1, -0.05) is 19.3 Å². The molecule has 1 fully saturated rings. The Morgan fingerprint density at radius 2 is 1.78 bits per heavy atom. The number of aromatic carboxylic acids is 1. The maximum absolute atomic E-state index is 12.0. The molecular formula is C17H23N3O6S. The van der Waals surface area contributed by atoms with Crippen molar-refractivity contribution in [2.24, 2.45) is 0 Å². The molecule has 1 aromatic rings. The first kappa shape index (κ1) is 20.7. The first-order valence-corrected chi connectivity index (χ1v) is 10.5. The third kappa shape index (κ3) is 6.55. The highest BCUT2D eigenvalue weighted by Gasteiger charge is 2.17. The summed E-state index contributed by atoms with van der Waals surface area (Å²) in [7, 11) is -3.65. The molecule has 4 N–H and O–H groups in total. The van der Waals surface area contributed by atoms with Crippen molar-refractivity contribution in [2.45, 2.75) is 43.0 Å². The topological polar surface area (TPSA) is 142 Å². The van der Waals surface area contributed by atoms with Crippen LogP contribution in [0.25, 0.3) is 0 Å². The van der Waals surface area contributed by atoms with Crippen LogP contribution < -0.4 is 16.0 Å². The van der Waals surface area contributed by atoms with Crippen molar-refractivity contribution in [3.05, 3.63) is 23.8 Å². The molecule has 0 spiro atoms. The maximum Gasteiger partial charge on any atom is 0.335 e. The second-order valence-electron chi connectivity index (χ2n) is 6.53. The maximum atomic E-state index is 12.0. The summed E-state index contributed by atoms with van der Waals surface area (Å²) in [5.74, 6) is -1.92. The predicted octanol–water partition coefficient (Wildman–Crippen LogP) is 1.36. The number of urea groups is 1. The second-order valence-corrected chi connectivity index (χ2v) is 8.55. The number of carbonyl (C=O) groups excluding carboxylic acids is 2. The molecule has 0 heterocycles. The molecule has 2 rings (SSSR count). The number of sulfone groups is 1. The average Bonchev–Trinajstić information content (AvgIpc) is 2.60. The zero-order chi connectivity index (χ0) is 20.0. The Bertz CT molecular complexity index is 831. The van der Waals surface area contributed by atoms with Crippen LogP contribution in [-0.2, 0) is 14.6 Å². The molecule has 1 aromatic carbocycles. The van der Waals surface area contributed by atoms with Crippen LogP contribution in [-0.4, -0.2) is 50.3 Å². The number of hydrogen-bond donors (Lipinski definition) is 4. The van der Waals surface area contributed by atoms with E-state index in [0.717, 1.165) is 50.5 Å². The highest BCUT2D eigenvalue weighted by Crippen LogP contribution is 2.19. The van der Waals surface area contributed by atoms with Crippen molar-refractivity contribution in [1.82, 2.24) is 10.6 Å². The van der Waals surface area contributed by atoms with E-state index in [9.17, 15) is 22.8 Å². The lowest BCUT2D eigenvalue weighted by molar-refractivity contribution is -0.115. The zero-order valence-electron chi connectivity index (χ0n) is 14.9. The molecule has 0 bridgehead atoms. The summed E-state index contributed by atoms with van der Waals surface area (Å²) in [5.41, 5.74) is -0.244. The van der Waals surface area contributed by atoms with Gasteiger partial charge in [-0.05, 0) is 31.0 Å². The molecule has 0 radical (unpaired) electrons. The minimum absolute atomic E-state index is 0.0230. The molecule has 0 unspecified atom stereocenters. The largest absolute Gasteiger partial charge is 0.478 e. The standard InChI is InChI=1S/C17H23N3O6S/c1-27(25,26)14-8-11(16(22)23)7-13(9-14)19-15(21)10-18-17(24)20-12-5-3-2-4-6-12/h7-9,12H,2-6,10H2,1H3,(H,19,21)(H,22,23)(H2,18,20,24). The van der Waals surface area contributed by atoms with Gasteiger partial charge in [-0.15, -0.1) is 0 Å². The summed E-state index contributed by atoms with van der Waals surface area (Å²) >= 11 is 0. The molecule has 148 valence electrons. The van der Waals surface area contributed by atoms with E-state index >= 15 is 0 Å². The summed E-state index contributed by atoms with van der Waals surface area (Å²) in [6.45, 7) is -0.329. The Labute approximate surface area is 157 Å². The van der Waals surface area contributed by atoms with Gasteiger partial charge in [-0.25, -0.2) is 18.0 Å². The van der Waals surface area contributed by atoms with E-state index in [1.807, 2.05) is 0 Å². The Balaban J connectivity index is 1.95. The Morgan fingerprint density at radius 3 is 2.37 bits per heavy atom. The summed E-state index contributed by atoms with van der Waals surface area (Å²) in [6.07, 6.45) is 6.05. The van der Waals surface area contributed by atoms with Crippen LogP contribution in [0.3, 0.4) is 0 Å². The van der Waals surface area contributed by atoms with E-state index < -0.39 is 27.7 Å². The molecule has 27 heavy (non-hydrogen) atoms. The number of carboxylic acids is 1. The van der Waals surface area contributed by atoms with Gasteiger partial charge in [0.15, 0.2) is 9.84 Å². The molecular weight excluding hydrogens is 374 g/mol. The number of nitrogens with one attached hydrogen (secondary N) is 3. The normalized spacial score (nSPS) is 15.0. The zero-order valence-corrected chi connectivity index (χ0v) is 15.8. The lowest BCUT2D eigenvalue weighted by atomic mass is 9.96. The summed E-state index contributed by atoms with van der Waals surface area (Å²) < 4.78 is 23.4. The van der Waals surface area contributed by atoms with E-state index in [1.165, 1.54) is 6.07 Å². The summed E-state index contributed by atoms with van der Waals surface area (Å²) in [5, 5.41) is 16.7.